The van der Waals surface area contributed by atoms with E-state index in [1.165, 1.54) is 69.8 Å². The van der Waals surface area contributed by atoms with E-state index >= 15 is 0 Å². The maximum atomic E-state index is 12.1. The molecule has 4 aliphatic carbocycles. The van der Waals surface area contributed by atoms with Gasteiger partial charge in [-0.15, -0.1) is 0 Å². The fourth-order valence-electron chi connectivity index (χ4n) is 8.71. The number of fused-ring (bicyclic) bond motifs is 5. The molecule has 7 atom stereocenters. The zero-order chi connectivity index (χ0) is 19.5. The Balaban J connectivity index is 1.36. The van der Waals surface area contributed by atoms with Gasteiger partial charge in [-0.2, -0.15) is 0 Å². The lowest BCUT2D eigenvalue weighted by Crippen LogP contribution is -2.53. The van der Waals surface area contributed by atoms with Crippen LogP contribution in [0.2, 0.25) is 0 Å². The summed E-state index contributed by atoms with van der Waals surface area (Å²) in [6, 6.07) is 4.05. The molecular weight excluding hydrogens is 342 g/mol. The van der Waals surface area contributed by atoms with Crippen LogP contribution in [-0.2, 0) is 13.5 Å². The van der Waals surface area contributed by atoms with Crippen LogP contribution in [0, 0.1) is 40.4 Å². The molecule has 4 aliphatic rings. The Kier molecular flexibility index (Phi) is 4.56. The average molecular weight is 382 g/mol. The lowest BCUT2D eigenvalue weighted by Gasteiger charge is -2.61. The zero-order valence-electron chi connectivity index (χ0n) is 18.3. The molecule has 0 N–H and O–H groups in total. The van der Waals surface area contributed by atoms with Gasteiger partial charge in [-0.25, -0.2) is 0 Å². The lowest BCUT2D eigenvalue weighted by atomic mass is 9.44. The first kappa shape index (κ1) is 18.9. The second kappa shape index (κ2) is 6.74. The van der Waals surface area contributed by atoms with E-state index in [0.717, 1.165) is 36.0 Å². The van der Waals surface area contributed by atoms with E-state index in [-0.39, 0.29) is 5.56 Å². The summed E-state index contributed by atoms with van der Waals surface area (Å²) in [5.74, 6) is 4.71. The number of rotatable bonds is 2. The molecule has 0 spiro atoms. The molecule has 2 nitrogen and oxygen atoms in total. The van der Waals surface area contributed by atoms with Gasteiger partial charge in [0, 0.05) is 19.3 Å². The smallest absolute Gasteiger partial charge is 0.250 e. The molecule has 0 radical (unpaired) electrons. The molecule has 4 fully saturated rings. The van der Waals surface area contributed by atoms with Crippen LogP contribution < -0.4 is 5.56 Å². The Labute approximate surface area is 171 Å². The summed E-state index contributed by atoms with van der Waals surface area (Å²) in [6.07, 6.45) is 17.7. The van der Waals surface area contributed by atoms with Crippen molar-refractivity contribution in [3.05, 3.63) is 34.2 Å². The van der Waals surface area contributed by atoms with Crippen LogP contribution in [0.25, 0.3) is 0 Å². The Bertz CT molecular complexity index is 796. The first-order valence-electron chi connectivity index (χ1n) is 12.0. The zero-order valence-corrected chi connectivity index (χ0v) is 18.3. The monoisotopic (exact) mass is 381 g/mol. The van der Waals surface area contributed by atoms with Crippen LogP contribution in [0.1, 0.15) is 83.6 Å². The van der Waals surface area contributed by atoms with E-state index in [9.17, 15) is 4.79 Å². The normalized spacial score (nSPS) is 45.2. The summed E-state index contributed by atoms with van der Waals surface area (Å²) in [5.41, 5.74) is 2.62. The topological polar surface area (TPSA) is 22.0 Å². The molecule has 1 heterocycles. The van der Waals surface area contributed by atoms with Crippen LogP contribution >= 0.6 is 0 Å². The number of nitrogens with zero attached hydrogens (tertiary/aromatic N) is 1. The highest BCUT2D eigenvalue weighted by atomic mass is 16.1. The van der Waals surface area contributed by atoms with Gasteiger partial charge >= 0.3 is 0 Å². The molecule has 2 unspecified atom stereocenters. The summed E-state index contributed by atoms with van der Waals surface area (Å²) in [4.78, 5) is 12.1. The molecule has 0 aliphatic heterocycles. The molecule has 0 amide bonds. The minimum Gasteiger partial charge on any atom is -0.319 e. The van der Waals surface area contributed by atoms with Gasteiger partial charge in [0.05, 0.1) is 0 Å². The second-order valence-corrected chi connectivity index (χ2v) is 11.6. The molecule has 28 heavy (non-hydrogen) atoms. The predicted octanol–water partition coefficient (Wildman–Crippen LogP) is 5.98. The highest BCUT2D eigenvalue weighted by Crippen LogP contribution is 2.66. The molecule has 1 aromatic heterocycles. The fraction of sp³-hybridized carbons (Fsp3) is 0.808. The van der Waals surface area contributed by atoms with Gasteiger partial charge in [-0.3, -0.25) is 4.79 Å². The molecule has 4 saturated carbocycles. The van der Waals surface area contributed by atoms with Crippen molar-refractivity contribution in [1.82, 2.24) is 4.57 Å². The highest BCUT2D eigenvalue weighted by molar-refractivity contribution is 5.13. The highest BCUT2D eigenvalue weighted by Gasteiger charge is 2.57. The van der Waals surface area contributed by atoms with Crippen molar-refractivity contribution < 1.29 is 0 Å². The first-order valence-corrected chi connectivity index (χ1v) is 12.0. The van der Waals surface area contributed by atoms with E-state index in [4.69, 9.17) is 0 Å². The molecule has 2 heteroatoms. The number of pyridine rings is 1. The summed E-state index contributed by atoms with van der Waals surface area (Å²) in [7, 11) is 1.85. The molecule has 5 rings (SSSR count). The number of hydrogen-bond acceptors (Lipinski definition) is 1. The van der Waals surface area contributed by atoms with Crippen molar-refractivity contribution in [3.8, 4) is 0 Å². The molecule has 0 bridgehead atoms. The molecule has 0 aromatic carbocycles. The summed E-state index contributed by atoms with van der Waals surface area (Å²) in [6.45, 7) is 5.30. The molecular formula is C26H39NO. The van der Waals surface area contributed by atoms with Crippen molar-refractivity contribution in [2.45, 2.75) is 84.5 Å². The summed E-state index contributed by atoms with van der Waals surface area (Å²) >= 11 is 0. The Hall–Kier alpha value is -1.05. The van der Waals surface area contributed by atoms with Crippen molar-refractivity contribution in [2.75, 3.05) is 0 Å². The van der Waals surface area contributed by atoms with E-state index in [2.05, 4.69) is 19.9 Å². The van der Waals surface area contributed by atoms with Gasteiger partial charge < -0.3 is 4.57 Å². The summed E-state index contributed by atoms with van der Waals surface area (Å²) in [5, 5.41) is 0. The Morgan fingerprint density at radius 1 is 1.04 bits per heavy atom. The SMILES string of the molecule is Cn1ccc(CC2CCC3CC[C@@H]4[C@@H](CC[C@]5(C)CCC[C@@H]45)[C@@]3(C)C2)cc1=O. The van der Waals surface area contributed by atoms with E-state index < -0.39 is 0 Å². The predicted molar refractivity (Wildman–Crippen MR) is 115 cm³/mol. The van der Waals surface area contributed by atoms with E-state index in [1.807, 2.05) is 19.3 Å². The van der Waals surface area contributed by atoms with Crippen molar-refractivity contribution >= 4 is 0 Å². The number of aryl methyl sites for hydroxylation is 1. The quantitative estimate of drug-likeness (QED) is 0.618. The first-order chi connectivity index (χ1) is 13.4. The minimum absolute atomic E-state index is 0.142. The van der Waals surface area contributed by atoms with E-state index in [1.54, 1.807) is 4.57 Å². The van der Waals surface area contributed by atoms with Crippen LogP contribution in [0.4, 0.5) is 0 Å². The van der Waals surface area contributed by atoms with Crippen molar-refractivity contribution in [3.63, 3.8) is 0 Å². The third-order valence-corrected chi connectivity index (χ3v) is 10.2. The second-order valence-electron chi connectivity index (χ2n) is 11.6. The van der Waals surface area contributed by atoms with Gasteiger partial charge in [-0.1, -0.05) is 20.3 Å². The van der Waals surface area contributed by atoms with Gasteiger partial charge in [0.2, 0.25) is 0 Å². The van der Waals surface area contributed by atoms with Crippen LogP contribution in [0.5, 0.6) is 0 Å². The Morgan fingerprint density at radius 2 is 1.86 bits per heavy atom. The maximum Gasteiger partial charge on any atom is 0.250 e. The Morgan fingerprint density at radius 3 is 2.68 bits per heavy atom. The van der Waals surface area contributed by atoms with Gasteiger partial charge in [-0.05, 0) is 116 Å². The van der Waals surface area contributed by atoms with Crippen LogP contribution in [0.15, 0.2) is 23.1 Å². The number of hydrogen-bond donors (Lipinski definition) is 0. The maximum absolute atomic E-state index is 12.1. The van der Waals surface area contributed by atoms with Gasteiger partial charge in [0.1, 0.15) is 0 Å². The molecule has 0 saturated heterocycles. The van der Waals surface area contributed by atoms with Crippen LogP contribution in [0.3, 0.4) is 0 Å². The fourth-order valence-corrected chi connectivity index (χ4v) is 8.71. The standard InChI is InChI=1S/C26H39NO/c1-25-12-4-5-22(25)21-9-8-20-7-6-19(17-26(20,2)23(21)10-13-25)15-18-11-14-27(3)24(28)16-18/h11,14,16,19-23H,4-10,12-13,15,17H2,1-3H3/t19?,20?,21-,22-,23+,25-,26-/m0/s1. The minimum atomic E-state index is 0.142. The largest absolute Gasteiger partial charge is 0.319 e. The van der Waals surface area contributed by atoms with Crippen molar-refractivity contribution in [2.24, 2.45) is 47.5 Å². The summed E-state index contributed by atoms with van der Waals surface area (Å²) < 4.78 is 1.69. The van der Waals surface area contributed by atoms with Gasteiger partial charge in [0.25, 0.3) is 5.56 Å². The lowest BCUT2D eigenvalue weighted by molar-refractivity contribution is -0.113. The average Bonchev–Trinajstić information content (AvgIpc) is 3.06. The van der Waals surface area contributed by atoms with Gasteiger partial charge in [0.15, 0.2) is 0 Å². The third kappa shape index (κ3) is 2.92. The van der Waals surface area contributed by atoms with Crippen LogP contribution in [-0.4, -0.2) is 4.57 Å². The molecule has 1 aromatic rings. The molecule has 154 valence electrons. The number of aromatic nitrogens is 1. The third-order valence-electron chi connectivity index (χ3n) is 10.2. The van der Waals surface area contributed by atoms with Crippen molar-refractivity contribution in [1.29, 1.82) is 0 Å². The van der Waals surface area contributed by atoms with E-state index in [0.29, 0.717) is 10.8 Å².